The minimum absolute atomic E-state index is 0.242. The highest BCUT2D eigenvalue weighted by Crippen LogP contribution is 2.09. The van der Waals surface area contributed by atoms with Crippen molar-refractivity contribution in [2.24, 2.45) is 0 Å². The third-order valence-electron chi connectivity index (χ3n) is 3.17. The first kappa shape index (κ1) is 15.2. The van der Waals surface area contributed by atoms with E-state index in [1.807, 2.05) is 42.6 Å². The summed E-state index contributed by atoms with van der Waals surface area (Å²) in [4.78, 5) is 0. The van der Waals surface area contributed by atoms with Crippen LogP contribution in [-0.2, 0) is 6.54 Å². The largest absolute Gasteiger partial charge is 0.332 e. The van der Waals surface area contributed by atoms with Crippen LogP contribution in [-0.4, -0.2) is 14.9 Å². The van der Waals surface area contributed by atoms with E-state index in [4.69, 9.17) is 12.2 Å². The Balaban J connectivity index is 1.58. The summed E-state index contributed by atoms with van der Waals surface area (Å²) in [6.07, 6.45) is 1.84. The number of aromatic nitrogens is 2. The molecule has 0 saturated carbocycles. The summed E-state index contributed by atoms with van der Waals surface area (Å²) < 4.78 is 14.7. The molecule has 0 aliphatic carbocycles. The molecular formula is C17H15FN4S. The monoisotopic (exact) mass is 326 g/mol. The number of nitrogens with zero attached hydrogens (tertiary/aromatic N) is 2. The SMILES string of the molecule is Fc1ccc(Cn2ccc(NC(=S)Nc3ccccc3)n2)cc1. The Bertz CT molecular complexity index is 784. The molecule has 0 saturated heterocycles. The zero-order chi connectivity index (χ0) is 16.1. The van der Waals surface area contributed by atoms with E-state index < -0.39 is 0 Å². The van der Waals surface area contributed by atoms with Gasteiger partial charge in [-0.1, -0.05) is 30.3 Å². The molecule has 1 aromatic heterocycles. The Kier molecular flexibility index (Phi) is 4.63. The van der Waals surface area contributed by atoms with Crippen LogP contribution in [0.1, 0.15) is 5.56 Å². The number of para-hydroxylation sites is 1. The number of anilines is 2. The fourth-order valence-electron chi connectivity index (χ4n) is 2.09. The molecule has 23 heavy (non-hydrogen) atoms. The van der Waals surface area contributed by atoms with Crippen molar-refractivity contribution in [1.29, 1.82) is 0 Å². The first-order chi connectivity index (χ1) is 11.2. The zero-order valence-electron chi connectivity index (χ0n) is 12.2. The molecule has 2 aromatic carbocycles. The summed E-state index contributed by atoms with van der Waals surface area (Å²) in [5.41, 5.74) is 1.89. The van der Waals surface area contributed by atoms with E-state index in [0.717, 1.165) is 11.3 Å². The van der Waals surface area contributed by atoms with Crippen LogP contribution < -0.4 is 10.6 Å². The standard InChI is InChI=1S/C17H15FN4S/c18-14-8-6-13(7-9-14)12-22-11-10-16(21-22)20-17(23)19-15-4-2-1-3-5-15/h1-11H,12H2,(H2,19,20,21,23). The van der Waals surface area contributed by atoms with E-state index in [9.17, 15) is 4.39 Å². The van der Waals surface area contributed by atoms with Crippen LogP contribution in [0.3, 0.4) is 0 Å². The van der Waals surface area contributed by atoms with Gasteiger partial charge in [0.15, 0.2) is 10.9 Å². The molecular weight excluding hydrogens is 311 g/mol. The fraction of sp³-hybridized carbons (Fsp3) is 0.0588. The third kappa shape index (κ3) is 4.37. The molecule has 1 heterocycles. The van der Waals surface area contributed by atoms with Gasteiger partial charge in [0.05, 0.1) is 6.54 Å². The van der Waals surface area contributed by atoms with Crippen LogP contribution in [0.25, 0.3) is 0 Å². The molecule has 6 heteroatoms. The van der Waals surface area contributed by atoms with E-state index in [1.165, 1.54) is 12.1 Å². The molecule has 0 aliphatic heterocycles. The first-order valence-corrected chi connectivity index (χ1v) is 7.51. The second-order valence-corrected chi connectivity index (χ2v) is 5.38. The smallest absolute Gasteiger partial charge is 0.176 e. The number of hydrogen-bond donors (Lipinski definition) is 2. The molecule has 0 spiro atoms. The Morgan fingerprint density at radius 2 is 1.74 bits per heavy atom. The summed E-state index contributed by atoms with van der Waals surface area (Å²) in [6.45, 7) is 0.570. The van der Waals surface area contributed by atoms with Crippen LogP contribution >= 0.6 is 12.2 Å². The molecule has 0 bridgehead atoms. The molecule has 2 N–H and O–H groups in total. The molecule has 116 valence electrons. The van der Waals surface area contributed by atoms with Gasteiger partial charge in [-0.3, -0.25) is 4.68 Å². The van der Waals surface area contributed by atoms with Gasteiger partial charge in [-0.2, -0.15) is 5.10 Å². The number of benzene rings is 2. The lowest BCUT2D eigenvalue weighted by Gasteiger charge is -2.08. The molecule has 3 aromatic rings. The van der Waals surface area contributed by atoms with E-state index in [-0.39, 0.29) is 5.82 Å². The highest BCUT2D eigenvalue weighted by Gasteiger charge is 2.03. The van der Waals surface area contributed by atoms with E-state index in [0.29, 0.717) is 17.5 Å². The topological polar surface area (TPSA) is 41.9 Å². The van der Waals surface area contributed by atoms with Crippen molar-refractivity contribution in [2.45, 2.75) is 6.54 Å². The van der Waals surface area contributed by atoms with Gasteiger partial charge in [0, 0.05) is 18.0 Å². The van der Waals surface area contributed by atoms with E-state index >= 15 is 0 Å². The molecule has 0 aliphatic rings. The fourth-order valence-corrected chi connectivity index (χ4v) is 2.32. The lowest BCUT2D eigenvalue weighted by atomic mass is 10.2. The molecule has 3 rings (SSSR count). The Morgan fingerprint density at radius 1 is 1.00 bits per heavy atom. The maximum atomic E-state index is 12.9. The molecule has 0 radical (unpaired) electrons. The number of nitrogens with one attached hydrogen (secondary N) is 2. The highest BCUT2D eigenvalue weighted by molar-refractivity contribution is 7.80. The average Bonchev–Trinajstić information content (AvgIpc) is 2.97. The Morgan fingerprint density at radius 3 is 2.48 bits per heavy atom. The summed E-state index contributed by atoms with van der Waals surface area (Å²) >= 11 is 5.26. The molecule has 0 amide bonds. The number of thiocarbonyl (C=S) groups is 1. The van der Waals surface area contributed by atoms with Crippen LogP contribution in [0.15, 0.2) is 66.9 Å². The predicted molar refractivity (Wildman–Crippen MR) is 94.0 cm³/mol. The molecule has 0 atom stereocenters. The van der Waals surface area contributed by atoms with Crippen molar-refractivity contribution in [3.63, 3.8) is 0 Å². The quantitative estimate of drug-likeness (QED) is 0.714. The predicted octanol–water partition coefficient (Wildman–Crippen LogP) is 3.88. The van der Waals surface area contributed by atoms with E-state index in [2.05, 4.69) is 15.7 Å². The normalized spacial score (nSPS) is 10.3. The molecule has 4 nitrogen and oxygen atoms in total. The van der Waals surface area contributed by atoms with Gasteiger partial charge in [0.1, 0.15) is 5.82 Å². The summed E-state index contributed by atoms with van der Waals surface area (Å²) in [7, 11) is 0. The number of halogens is 1. The molecule has 0 unspecified atom stereocenters. The van der Waals surface area contributed by atoms with Gasteiger partial charge < -0.3 is 10.6 Å². The van der Waals surface area contributed by atoms with Crippen LogP contribution in [0, 0.1) is 5.82 Å². The van der Waals surface area contributed by atoms with Gasteiger partial charge in [-0.25, -0.2) is 4.39 Å². The Hall–Kier alpha value is -2.73. The minimum atomic E-state index is -0.242. The molecule has 0 fully saturated rings. The van der Waals surface area contributed by atoms with Gasteiger partial charge >= 0.3 is 0 Å². The van der Waals surface area contributed by atoms with E-state index in [1.54, 1.807) is 16.8 Å². The van der Waals surface area contributed by atoms with Gasteiger partial charge in [0.25, 0.3) is 0 Å². The van der Waals surface area contributed by atoms with Crippen molar-refractivity contribution in [1.82, 2.24) is 9.78 Å². The first-order valence-electron chi connectivity index (χ1n) is 7.10. The number of rotatable bonds is 4. The van der Waals surface area contributed by atoms with Gasteiger partial charge in [0.2, 0.25) is 0 Å². The second-order valence-electron chi connectivity index (χ2n) is 4.97. The second kappa shape index (κ2) is 7.02. The zero-order valence-corrected chi connectivity index (χ0v) is 13.1. The summed E-state index contributed by atoms with van der Waals surface area (Å²) in [6, 6.07) is 17.9. The van der Waals surface area contributed by atoms with Crippen molar-refractivity contribution in [3.8, 4) is 0 Å². The number of hydrogen-bond acceptors (Lipinski definition) is 2. The summed E-state index contributed by atoms with van der Waals surface area (Å²) in [5, 5.41) is 11.0. The van der Waals surface area contributed by atoms with Gasteiger partial charge in [-0.05, 0) is 42.0 Å². The third-order valence-corrected chi connectivity index (χ3v) is 3.38. The summed E-state index contributed by atoms with van der Waals surface area (Å²) in [5.74, 6) is 0.412. The maximum Gasteiger partial charge on any atom is 0.176 e. The average molecular weight is 326 g/mol. The maximum absolute atomic E-state index is 12.9. The highest BCUT2D eigenvalue weighted by atomic mass is 32.1. The van der Waals surface area contributed by atoms with Crippen molar-refractivity contribution in [3.05, 3.63) is 78.2 Å². The van der Waals surface area contributed by atoms with Crippen LogP contribution in [0.4, 0.5) is 15.9 Å². The van der Waals surface area contributed by atoms with Crippen LogP contribution in [0.5, 0.6) is 0 Å². The Labute approximate surface area is 139 Å². The van der Waals surface area contributed by atoms with Gasteiger partial charge in [-0.15, -0.1) is 0 Å². The van der Waals surface area contributed by atoms with Crippen molar-refractivity contribution in [2.75, 3.05) is 10.6 Å². The lowest BCUT2D eigenvalue weighted by molar-refractivity contribution is 0.624. The lowest BCUT2D eigenvalue weighted by Crippen LogP contribution is -2.19. The van der Waals surface area contributed by atoms with Crippen LogP contribution in [0.2, 0.25) is 0 Å². The minimum Gasteiger partial charge on any atom is -0.332 e. The van der Waals surface area contributed by atoms with Crippen molar-refractivity contribution < 1.29 is 4.39 Å². The van der Waals surface area contributed by atoms with Crippen molar-refractivity contribution >= 4 is 28.8 Å².